The molecular weight excluding hydrogens is 429 g/mol. The molecule has 0 radical (unpaired) electrons. The highest BCUT2D eigenvalue weighted by molar-refractivity contribution is 5.30. The summed E-state index contributed by atoms with van der Waals surface area (Å²) >= 11 is 0. The van der Waals surface area contributed by atoms with E-state index in [0.29, 0.717) is 44.3 Å². The second-order valence-electron chi connectivity index (χ2n) is 8.80. The lowest BCUT2D eigenvalue weighted by Gasteiger charge is -2.47. The molecule has 0 spiro atoms. The number of aliphatic hydroxyl groups excluding tert-OH is 2. The maximum absolute atomic E-state index is 12.5. The van der Waals surface area contributed by atoms with Gasteiger partial charge >= 0.3 is 6.36 Å². The largest absolute Gasteiger partial charge is 0.573 e. The average molecular weight is 456 g/mol. The second-order valence-corrected chi connectivity index (χ2v) is 8.80. The predicted octanol–water partition coefficient (Wildman–Crippen LogP) is 2.62. The molecule has 0 saturated carbocycles. The summed E-state index contributed by atoms with van der Waals surface area (Å²) in [5.74, 6) is 0.686. The molecule has 1 aromatic heterocycles. The van der Waals surface area contributed by atoms with Crippen LogP contribution in [-0.2, 0) is 0 Å². The van der Waals surface area contributed by atoms with Crippen LogP contribution in [0.5, 0.6) is 5.75 Å². The highest BCUT2D eigenvalue weighted by Crippen LogP contribution is 2.37. The van der Waals surface area contributed by atoms with Gasteiger partial charge in [-0.2, -0.15) is 4.98 Å². The maximum atomic E-state index is 12.5. The van der Waals surface area contributed by atoms with Crippen LogP contribution in [0.4, 0.5) is 13.2 Å². The Hall–Kier alpha value is -2.21. The van der Waals surface area contributed by atoms with Gasteiger partial charge in [-0.25, -0.2) is 0 Å². The first-order valence-corrected chi connectivity index (χ1v) is 10.6. The molecule has 0 amide bonds. The van der Waals surface area contributed by atoms with E-state index in [1.807, 2.05) is 18.7 Å². The summed E-state index contributed by atoms with van der Waals surface area (Å²) in [4.78, 5) is 8.16. The molecule has 32 heavy (non-hydrogen) atoms. The van der Waals surface area contributed by atoms with E-state index >= 15 is 0 Å². The lowest BCUT2D eigenvalue weighted by Crippen LogP contribution is -2.62. The lowest BCUT2D eigenvalue weighted by molar-refractivity contribution is -0.274. The minimum Gasteiger partial charge on any atom is -0.406 e. The highest BCUT2D eigenvalue weighted by Gasteiger charge is 2.40. The Morgan fingerprint density at radius 3 is 2.25 bits per heavy atom. The highest BCUT2D eigenvalue weighted by atomic mass is 19.4. The standard InChI is InChI=1S/C21H27F3N4O4/c1-12(2)18-25-19(32-26-18)15-7-14(8-27(9-15)20(30)28-10-16(29)11-28)13-3-5-17(6-4-13)31-21(22,23)24/h3-6,12,14-16,20,29-30H,7-11H2,1-2H3. The van der Waals surface area contributed by atoms with Crippen molar-refractivity contribution in [2.75, 3.05) is 26.2 Å². The topological polar surface area (TPSA) is 95.1 Å². The van der Waals surface area contributed by atoms with Crippen molar-refractivity contribution in [2.45, 2.75) is 56.8 Å². The molecule has 0 bridgehead atoms. The maximum Gasteiger partial charge on any atom is 0.573 e. The number of β-amino-alcohol motifs (C(OH)–C–C–N with tert-alkyl or cyclic N) is 1. The van der Waals surface area contributed by atoms with Gasteiger partial charge in [-0.3, -0.25) is 9.80 Å². The minimum atomic E-state index is -4.74. The van der Waals surface area contributed by atoms with E-state index in [1.165, 1.54) is 12.1 Å². The van der Waals surface area contributed by atoms with Crippen LogP contribution in [0.3, 0.4) is 0 Å². The summed E-state index contributed by atoms with van der Waals surface area (Å²) in [6, 6.07) is 5.81. The molecule has 2 aliphatic rings. The van der Waals surface area contributed by atoms with Crippen molar-refractivity contribution in [3.8, 4) is 5.75 Å². The third-order valence-corrected chi connectivity index (χ3v) is 5.93. The van der Waals surface area contributed by atoms with Crippen LogP contribution in [0.1, 0.15) is 55.3 Å². The first kappa shape index (κ1) is 23.0. The van der Waals surface area contributed by atoms with Gasteiger partial charge in [-0.15, -0.1) is 13.2 Å². The number of aliphatic hydroxyl groups is 2. The molecule has 3 unspecified atom stereocenters. The van der Waals surface area contributed by atoms with Gasteiger partial charge in [0.2, 0.25) is 5.89 Å². The number of rotatable bonds is 6. The Labute approximate surface area is 183 Å². The minimum absolute atomic E-state index is 0.0797. The Morgan fingerprint density at radius 1 is 1.06 bits per heavy atom. The van der Waals surface area contributed by atoms with Gasteiger partial charge in [0, 0.05) is 32.1 Å². The van der Waals surface area contributed by atoms with Crippen molar-refractivity contribution in [1.29, 1.82) is 0 Å². The normalized spacial score (nSPS) is 24.5. The van der Waals surface area contributed by atoms with Crippen LogP contribution < -0.4 is 4.74 Å². The van der Waals surface area contributed by atoms with Crippen molar-refractivity contribution in [1.82, 2.24) is 19.9 Å². The monoisotopic (exact) mass is 456 g/mol. The van der Waals surface area contributed by atoms with Gasteiger partial charge in [-0.1, -0.05) is 31.1 Å². The number of aromatic nitrogens is 2. The fraction of sp³-hybridized carbons (Fsp3) is 0.619. The third kappa shape index (κ3) is 5.22. The molecule has 176 valence electrons. The van der Waals surface area contributed by atoms with E-state index in [1.54, 1.807) is 17.0 Å². The van der Waals surface area contributed by atoms with Crippen molar-refractivity contribution >= 4 is 0 Å². The Kier molecular flexibility index (Phi) is 6.44. The Morgan fingerprint density at radius 2 is 1.69 bits per heavy atom. The molecule has 2 aromatic rings. The van der Waals surface area contributed by atoms with Gasteiger partial charge in [-0.05, 0) is 30.0 Å². The summed E-state index contributed by atoms with van der Waals surface area (Å²) < 4.78 is 46.9. The molecular formula is C21H27F3N4O4. The lowest BCUT2D eigenvalue weighted by atomic mass is 9.84. The van der Waals surface area contributed by atoms with E-state index in [-0.39, 0.29) is 23.5 Å². The van der Waals surface area contributed by atoms with Gasteiger partial charge in [0.25, 0.3) is 0 Å². The fourth-order valence-electron chi connectivity index (χ4n) is 4.24. The summed E-state index contributed by atoms with van der Waals surface area (Å²) in [5, 5.41) is 24.5. The Bertz CT molecular complexity index is 899. The number of alkyl halides is 3. The average Bonchev–Trinajstić information content (AvgIpc) is 3.21. The summed E-state index contributed by atoms with van der Waals surface area (Å²) in [7, 11) is 0. The molecule has 2 N–H and O–H groups in total. The fourth-order valence-corrected chi connectivity index (χ4v) is 4.24. The van der Waals surface area contributed by atoms with E-state index in [0.717, 1.165) is 5.56 Å². The predicted molar refractivity (Wildman–Crippen MR) is 107 cm³/mol. The Balaban J connectivity index is 1.54. The smallest absolute Gasteiger partial charge is 0.406 e. The van der Waals surface area contributed by atoms with Crippen molar-refractivity contribution in [3.05, 3.63) is 41.5 Å². The molecule has 1 aromatic carbocycles. The summed E-state index contributed by atoms with van der Waals surface area (Å²) in [6.07, 6.45) is -5.44. The van der Waals surface area contributed by atoms with Crippen LogP contribution in [0.25, 0.3) is 0 Å². The van der Waals surface area contributed by atoms with Gasteiger partial charge in [0.05, 0.1) is 12.0 Å². The van der Waals surface area contributed by atoms with E-state index in [4.69, 9.17) is 4.52 Å². The van der Waals surface area contributed by atoms with Gasteiger partial charge in [0.15, 0.2) is 12.2 Å². The number of benzene rings is 1. The molecule has 8 nitrogen and oxygen atoms in total. The van der Waals surface area contributed by atoms with Gasteiger partial charge in [0.1, 0.15) is 5.75 Å². The van der Waals surface area contributed by atoms with Crippen LogP contribution >= 0.6 is 0 Å². The summed E-state index contributed by atoms with van der Waals surface area (Å²) in [6.45, 7) is 5.68. The second kappa shape index (κ2) is 8.97. The number of ether oxygens (including phenoxy) is 1. The van der Waals surface area contributed by atoms with E-state index in [9.17, 15) is 23.4 Å². The first-order chi connectivity index (χ1) is 15.1. The molecule has 2 aliphatic heterocycles. The molecule has 0 aliphatic carbocycles. The van der Waals surface area contributed by atoms with Crippen LogP contribution in [0.15, 0.2) is 28.8 Å². The van der Waals surface area contributed by atoms with Gasteiger partial charge < -0.3 is 19.5 Å². The number of nitrogens with zero attached hydrogens (tertiary/aromatic N) is 4. The first-order valence-electron chi connectivity index (χ1n) is 10.6. The zero-order chi connectivity index (χ0) is 23.0. The van der Waals surface area contributed by atoms with E-state index < -0.39 is 18.8 Å². The zero-order valence-electron chi connectivity index (χ0n) is 17.9. The zero-order valence-corrected chi connectivity index (χ0v) is 17.9. The molecule has 3 heterocycles. The van der Waals surface area contributed by atoms with Crippen LogP contribution in [0.2, 0.25) is 0 Å². The SMILES string of the molecule is CC(C)c1noc(C2CC(c3ccc(OC(F)(F)F)cc3)CN(C(O)N3CC(O)C3)C2)n1. The number of piperidine rings is 1. The molecule has 11 heteroatoms. The van der Waals surface area contributed by atoms with Crippen LogP contribution in [-0.4, -0.2) is 75.2 Å². The molecule has 2 fully saturated rings. The van der Waals surface area contributed by atoms with Crippen molar-refractivity contribution in [3.63, 3.8) is 0 Å². The number of likely N-dealkylation sites (tertiary alicyclic amines) is 2. The number of hydrogen-bond donors (Lipinski definition) is 2. The summed E-state index contributed by atoms with van der Waals surface area (Å²) in [5.41, 5.74) is 0.827. The van der Waals surface area contributed by atoms with Crippen molar-refractivity contribution < 1.29 is 32.6 Å². The number of halogens is 3. The molecule has 3 atom stereocenters. The quantitative estimate of drug-likeness (QED) is 0.685. The van der Waals surface area contributed by atoms with Crippen LogP contribution in [0, 0.1) is 0 Å². The third-order valence-electron chi connectivity index (χ3n) is 5.93. The van der Waals surface area contributed by atoms with E-state index in [2.05, 4.69) is 14.9 Å². The molecule has 4 rings (SSSR count). The van der Waals surface area contributed by atoms with Crippen molar-refractivity contribution in [2.24, 2.45) is 0 Å². The number of hydrogen-bond acceptors (Lipinski definition) is 8. The molecule has 2 saturated heterocycles.